The van der Waals surface area contributed by atoms with Gasteiger partial charge in [0.2, 0.25) is 0 Å². The summed E-state index contributed by atoms with van der Waals surface area (Å²) in [5.41, 5.74) is 0.604. The third kappa shape index (κ3) is 23.5. The van der Waals surface area contributed by atoms with Crippen molar-refractivity contribution >= 4 is 15.1 Å². The second-order valence-corrected chi connectivity index (χ2v) is 6.55. The molecule has 0 saturated heterocycles. The van der Waals surface area contributed by atoms with E-state index in [0.29, 0.717) is 5.56 Å². The molecule has 0 unspecified atom stereocenters. The zero-order chi connectivity index (χ0) is 12.1. The Morgan fingerprint density at radius 2 is 1.38 bits per heavy atom. The average Bonchev–Trinajstić information content (AvgIpc) is 2.19. The second kappa shape index (κ2) is 17.2. The molecule has 0 bridgehead atoms. The van der Waals surface area contributed by atoms with Gasteiger partial charge in [0.15, 0.2) is 0 Å². The number of benzene rings is 1. The van der Waals surface area contributed by atoms with Crippen LogP contribution in [0.1, 0.15) is 19.4 Å². The van der Waals surface area contributed by atoms with Crippen LogP contribution >= 0.6 is 0 Å². The van der Waals surface area contributed by atoms with Crippen LogP contribution in [0.5, 0.6) is 0 Å². The molecule has 0 saturated carbocycles. The minimum Gasteiger partial charge on any atom is -0.376 e. The molecule has 0 amide bonds. The quantitative estimate of drug-likeness (QED) is 0.567. The molecular weight excluding hydrogens is 307 g/mol. The SMILES string of the molecule is C[CH-]C.C[Si](C)C.O=[C-]c1ccccc1.[Pd+2]. The van der Waals surface area contributed by atoms with E-state index < -0.39 is 0 Å². The van der Waals surface area contributed by atoms with Crippen LogP contribution in [0.2, 0.25) is 19.6 Å². The molecule has 16 heavy (non-hydrogen) atoms. The Balaban J connectivity index is -0.000000182. The normalized spacial score (nSPS) is 7.62. The monoisotopic (exact) mass is 327 g/mol. The summed E-state index contributed by atoms with van der Waals surface area (Å²) in [6.45, 7) is 10.8. The standard InChI is InChI=1S/C7H5O.C3H9Si.C3H7.Pd/c8-6-7-4-2-1-3-5-7;1-4(2)3;1-3-2;/h1-5H;1-3H3;3H,1-2H3;/q-1;;-1;+2. The van der Waals surface area contributed by atoms with Crippen molar-refractivity contribution in [3.63, 3.8) is 0 Å². The van der Waals surface area contributed by atoms with Crippen LogP contribution < -0.4 is 0 Å². The third-order valence-corrected chi connectivity index (χ3v) is 0.892. The van der Waals surface area contributed by atoms with Crippen LogP contribution in [0, 0.1) is 6.42 Å². The van der Waals surface area contributed by atoms with E-state index in [1.807, 2.05) is 26.3 Å². The Labute approximate surface area is 116 Å². The van der Waals surface area contributed by atoms with Crippen LogP contribution in [0.4, 0.5) is 0 Å². The molecule has 1 rings (SSSR count). The summed E-state index contributed by atoms with van der Waals surface area (Å²) < 4.78 is 0. The fraction of sp³-hybridized carbons (Fsp3) is 0.385. The molecule has 1 aromatic rings. The molecular formula is C13H21OPdSi. The van der Waals surface area contributed by atoms with E-state index in [0.717, 1.165) is 0 Å². The van der Waals surface area contributed by atoms with Gasteiger partial charge in [-0.3, -0.25) is 0 Å². The summed E-state index contributed by atoms with van der Waals surface area (Å²) in [4.78, 5) is 9.88. The van der Waals surface area contributed by atoms with Crippen molar-refractivity contribution in [1.29, 1.82) is 0 Å². The van der Waals surface area contributed by atoms with E-state index in [2.05, 4.69) is 19.6 Å². The van der Waals surface area contributed by atoms with Gasteiger partial charge in [-0.15, -0.1) is 12.1 Å². The van der Waals surface area contributed by atoms with Crippen molar-refractivity contribution in [2.75, 3.05) is 0 Å². The molecule has 1 aromatic carbocycles. The Hall–Kier alpha value is -0.231. The van der Waals surface area contributed by atoms with Crippen LogP contribution in [0.15, 0.2) is 30.3 Å². The first kappa shape index (κ1) is 21.1. The van der Waals surface area contributed by atoms with E-state index in [9.17, 15) is 4.79 Å². The zero-order valence-corrected chi connectivity index (χ0v) is 13.2. The van der Waals surface area contributed by atoms with Crippen molar-refractivity contribution in [1.82, 2.24) is 0 Å². The van der Waals surface area contributed by atoms with Crippen LogP contribution in [-0.2, 0) is 25.2 Å². The minimum absolute atomic E-state index is 0. The van der Waals surface area contributed by atoms with E-state index in [-0.39, 0.29) is 29.2 Å². The van der Waals surface area contributed by atoms with Gasteiger partial charge in [-0.2, -0.15) is 31.5 Å². The van der Waals surface area contributed by atoms with Crippen molar-refractivity contribution in [3.05, 3.63) is 42.3 Å². The van der Waals surface area contributed by atoms with Crippen molar-refractivity contribution < 1.29 is 25.2 Å². The van der Waals surface area contributed by atoms with E-state index in [1.54, 1.807) is 30.6 Å². The van der Waals surface area contributed by atoms with Crippen LogP contribution in [0.25, 0.3) is 0 Å². The van der Waals surface area contributed by atoms with Gasteiger partial charge in [-0.25, -0.2) is 0 Å². The predicted molar refractivity (Wildman–Crippen MR) is 70.2 cm³/mol. The maximum Gasteiger partial charge on any atom is 2.00 e. The number of hydrogen-bond acceptors (Lipinski definition) is 1. The van der Waals surface area contributed by atoms with Gasteiger partial charge in [0.05, 0.1) is 6.29 Å². The summed E-state index contributed by atoms with van der Waals surface area (Å²) >= 11 is 0. The fourth-order valence-electron chi connectivity index (χ4n) is 0.506. The van der Waals surface area contributed by atoms with Crippen LogP contribution in [0.3, 0.4) is 0 Å². The molecule has 0 heterocycles. The van der Waals surface area contributed by atoms with Crippen molar-refractivity contribution in [2.24, 2.45) is 0 Å². The van der Waals surface area contributed by atoms with Crippen LogP contribution in [-0.4, -0.2) is 15.1 Å². The molecule has 0 spiro atoms. The molecule has 0 aliphatic rings. The second-order valence-electron chi connectivity index (χ2n) is 3.55. The Morgan fingerprint density at radius 3 is 1.56 bits per heavy atom. The largest absolute Gasteiger partial charge is 2.00 e. The Kier molecular flexibility index (Phi) is 22.6. The van der Waals surface area contributed by atoms with Crippen molar-refractivity contribution in [2.45, 2.75) is 33.5 Å². The fourth-order valence-corrected chi connectivity index (χ4v) is 0.506. The molecule has 0 N–H and O–H groups in total. The maximum absolute atomic E-state index is 9.88. The minimum atomic E-state index is 0. The van der Waals surface area contributed by atoms with Gasteiger partial charge < -0.3 is 11.2 Å². The van der Waals surface area contributed by atoms with Gasteiger partial charge >= 0.3 is 20.4 Å². The topological polar surface area (TPSA) is 17.1 Å². The zero-order valence-electron chi connectivity index (χ0n) is 10.7. The summed E-state index contributed by atoms with van der Waals surface area (Å²) in [5, 5.41) is 0. The van der Waals surface area contributed by atoms with Gasteiger partial charge in [-0.05, 0) is 0 Å². The van der Waals surface area contributed by atoms with E-state index in [4.69, 9.17) is 0 Å². The first-order valence-corrected chi connectivity index (χ1v) is 8.02. The molecule has 0 aliphatic heterocycles. The van der Waals surface area contributed by atoms with Gasteiger partial charge in [-0.1, -0.05) is 25.7 Å². The van der Waals surface area contributed by atoms with E-state index in [1.165, 1.54) is 0 Å². The summed E-state index contributed by atoms with van der Waals surface area (Å²) in [6.07, 6.45) is 3.78. The molecule has 0 fully saturated rings. The first-order chi connectivity index (χ1) is 7.08. The van der Waals surface area contributed by atoms with Gasteiger partial charge in [0, 0.05) is 8.80 Å². The number of carbonyl (C=O) groups excluding carboxylic acids is 1. The predicted octanol–water partition coefficient (Wildman–Crippen LogP) is 3.74. The molecule has 93 valence electrons. The molecule has 1 radical (unpaired) electrons. The molecule has 3 heteroatoms. The summed E-state index contributed by atoms with van der Waals surface area (Å²) in [5.74, 6) is 0. The maximum atomic E-state index is 9.88. The molecule has 0 atom stereocenters. The number of rotatable bonds is 1. The Morgan fingerprint density at radius 1 is 1.06 bits per heavy atom. The smallest absolute Gasteiger partial charge is 0.376 e. The van der Waals surface area contributed by atoms with E-state index >= 15 is 0 Å². The molecule has 1 nitrogen and oxygen atoms in total. The molecule has 0 aromatic heterocycles. The number of hydrogen-bond donors (Lipinski definition) is 0. The van der Waals surface area contributed by atoms with Gasteiger partial charge in [0.25, 0.3) is 0 Å². The van der Waals surface area contributed by atoms with Gasteiger partial charge in [0.1, 0.15) is 0 Å². The Bertz CT molecular complexity index is 222. The average molecular weight is 328 g/mol. The third-order valence-electron chi connectivity index (χ3n) is 0.892. The molecule has 0 aliphatic carbocycles. The first-order valence-electron chi connectivity index (χ1n) is 5.02. The summed E-state index contributed by atoms with van der Waals surface area (Å²) in [7, 11) is 0.120. The summed E-state index contributed by atoms with van der Waals surface area (Å²) in [6, 6.07) is 8.90. The van der Waals surface area contributed by atoms with Crippen molar-refractivity contribution in [3.8, 4) is 0 Å².